The minimum absolute atomic E-state index is 0.0121. The van der Waals surface area contributed by atoms with Gasteiger partial charge >= 0.3 is 6.09 Å². The summed E-state index contributed by atoms with van der Waals surface area (Å²) < 4.78 is 10.6. The van der Waals surface area contributed by atoms with Crippen molar-refractivity contribution in [3.05, 3.63) is 28.2 Å². The van der Waals surface area contributed by atoms with Crippen molar-refractivity contribution in [2.24, 2.45) is 0 Å². The van der Waals surface area contributed by atoms with E-state index in [0.717, 1.165) is 0 Å². The number of likely N-dealkylation sites (tertiary alicyclic amines) is 1. The number of nitrogens with zero attached hydrogens (tertiary/aromatic N) is 1. The van der Waals surface area contributed by atoms with Gasteiger partial charge in [0.15, 0.2) is 6.10 Å². The first-order valence-electron chi connectivity index (χ1n) is 8.24. The predicted molar refractivity (Wildman–Crippen MR) is 96.3 cm³/mol. The molecule has 1 aromatic carbocycles. The van der Waals surface area contributed by atoms with Crippen molar-refractivity contribution < 1.29 is 19.1 Å². The lowest BCUT2D eigenvalue weighted by Gasteiger charge is -2.32. The van der Waals surface area contributed by atoms with E-state index < -0.39 is 6.10 Å². The number of ether oxygens (including phenoxy) is 2. The zero-order chi connectivity index (χ0) is 18.4. The minimum atomic E-state index is -0.666. The van der Waals surface area contributed by atoms with E-state index in [4.69, 9.17) is 32.7 Å². The standard InChI is InChI=1S/C17H22Cl2N2O4/c1-3-24-17(23)21-8-6-12(7-9-21)20-16(22)11(2)25-13-4-5-14(18)15(19)10-13/h4-5,10-12H,3,6-9H2,1-2H3,(H,20,22). The summed E-state index contributed by atoms with van der Waals surface area (Å²) >= 11 is 11.8. The normalized spacial score (nSPS) is 16.2. The SMILES string of the molecule is CCOC(=O)N1CCC(NC(=O)C(C)Oc2ccc(Cl)c(Cl)c2)CC1. The Morgan fingerprint density at radius 1 is 1.28 bits per heavy atom. The summed E-state index contributed by atoms with van der Waals surface area (Å²) in [5.41, 5.74) is 0. The molecule has 0 saturated carbocycles. The molecule has 1 heterocycles. The number of hydrogen-bond acceptors (Lipinski definition) is 4. The second kappa shape index (κ2) is 9.15. The number of nitrogens with one attached hydrogen (secondary N) is 1. The van der Waals surface area contributed by atoms with Crippen LogP contribution in [0.5, 0.6) is 5.75 Å². The lowest BCUT2D eigenvalue weighted by molar-refractivity contribution is -0.128. The maximum atomic E-state index is 12.3. The fourth-order valence-electron chi connectivity index (χ4n) is 2.55. The molecule has 8 heteroatoms. The largest absolute Gasteiger partial charge is 0.481 e. The molecule has 2 rings (SSSR count). The molecule has 0 aliphatic carbocycles. The van der Waals surface area contributed by atoms with E-state index in [1.807, 2.05) is 0 Å². The Balaban J connectivity index is 1.79. The van der Waals surface area contributed by atoms with E-state index in [9.17, 15) is 9.59 Å². The molecule has 0 bridgehead atoms. The average Bonchev–Trinajstić information content (AvgIpc) is 2.59. The highest BCUT2D eigenvalue weighted by molar-refractivity contribution is 6.42. The first kappa shape index (κ1) is 19.7. The second-order valence-corrected chi connectivity index (χ2v) is 6.62. The van der Waals surface area contributed by atoms with Crippen molar-refractivity contribution in [2.75, 3.05) is 19.7 Å². The Kier molecular flexibility index (Phi) is 7.20. The summed E-state index contributed by atoms with van der Waals surface area (Å²) in [7, 11) is 0. The molecule has 1 aromatic rings. The lowest BCUT2D eigenvalue weighted by atomic mass is 10.1. The molecule has 1 fully saturated rings. The number of benzene rings is 1. The van der Waals surface area contributed by atoms with Crippen LogP contribution in [0.25, 0.3) is 0 Å². The van der Waals surface area contributed by atoms with Crippen molar-refractivity contribution >= 4 is 35.2 Å². The summed E-state index contributed by atoms with van der Waals surface area (Å²) in [4.78, 5) is 25.6. The molecule has 0 radical (unpaired) electrons. The molecule has 1 N–H and O–H groups in total. The van der Waals surface area contributed by atoms with Crippen molar-refractivity contribution in [3.63, 3.8) is 0 Å². The van der Waals surface area contributed by atoms with Crippen LogP contribution in [0.4, 0.5) is 4.79 Å². The van der Waals surface area contributed by atoms with Crippen LogP contribution in [0.1, 0.15) is 26.7 Å². The van der Waals surface area contributed by atoms with E-state index in [0.29, 0.717) is 48.3 Å². The molecular formula is C17H22Cl2N2O4. The molecule has 138 valence electrons. The summed E-state index contributed by atoms with van der Waals surface area (Å²) in [6.07, 6.45) is 0.401. The molecule has 0 aromatic heterocycles. The maximum Gasteiger partial charge on any atom is 0.409 e. The van der Waals surface area contributed by atoms with E-state index >= 15 is 0 Å². The van der Waals surface area contributed by atoms with Gasteiger partial charge in [0, 0.05) is 25.2 Å². The Bertz CT molecular complexity index is 619. The van der Waals surface area contributed by atoms with Crippen LogP contribution in [-0.4, -0.2) is 48.7 Å². The second-order valence-electron chi connectivity index (χ2n) is 5.80. The number of halogens is 2. The molecule has 1 aliphatic heterocycles. The number of piperidine rings is 1. The molecule has 0 spiro atoms. The number of carbonyl (C=O) groups is 2. The van der Waals surface area contributed by atoms with Crippen LogP contribution in [0, 0.1) is 0 Å². The van der Waals surface area contributed by atoms with Crippen molar-refractivity contribution in [2.45, 2.75) is 38.8 Å². The van der Waals surface area contributed by atoms with Gasteiger partial charge in [0.2, 0.25) is 0 Å². The Morgan fingerprint density at radius 3 is 2.56 bits per heavy atom. The Labute approximate surface area is 157 Å². The molecule has 1 saturated heterocycles. The van der Waals surface area contributed by atoms with Crippen molar-refractivity contribution in [1.29, 1.82) is 0 Å². The molecule has 25 heavy (non-hydrogen) atoms. The quantitative estimate of drug-likeness (QED) is 0.837. The van der Waals surface area contributed by atoms with Gasteiger partial charge < -0.3 is 19.7 Å². The van der Waals surface area contributed by atoms with Gasteiger partial charge in [-0.3, -0.25) is 4.79 Å². The summed E-state index contributed by atoms with van der Waals surface area (Å²) in [5, 5.41) is 3.76. The van der Waals surface area contributed by atoms with Crippen molar-refractivity contribution in [1.82, 2.24) is 10.2 Å². The predicted octanol–water partition coefficient (Wildman–Crippen LogP) is 3.50. The topological polar surface area (TPSA) is 67.9 Å². The number of hydrogen-bond donors (Lipinski definition) is 1. The highest BCUT2D eigenvalue weighted by Gasteiger charge is 2.26. The maximum absolute atomic E-state index is 12.3. The van der Waals surface area contributed by atoms with Crippen molar-refractivity contribution in [3.8, 4) is 5.75 Å². The fraction of sp³-hybridized carbons (Fsp3) is 0.529. The van der Waals surface area contributed by atoms with Crippen LogP contribution in [0.15, 0.2) is 18.2 Å². The number of amides is 2. The van der Waals surface area contributed by atoms with Crippen LogP contribution in [0.2, 0.25) is 10.0 Å². The van der Waals surface area contributed by atoms with Crippen LogP contribution < -0.4 is 10.1 Å². The van der Waals surface area contributed by atoms with Gasteiger partial charge in [-0.25, -0.2) is 4.79 Å². The molecular weight excluding hydrogens is 367 g/mol. The summed E-state index contributed by atoms with van der Waals surface area (Å²) in [5.74, 6) is 0.273. The van der Waals surface area contributed by atoms with E-state index in [1.54, 1.807) is 36.9 Å². The number of carbonyl (C=O) groups excluding carboxylic acids is 2. The number of rotatable bonds is 5. The van der Waals surface area contributed by atoms with Gasteiger partial charge in [0.05, 0.1) is 16.7 Å². The molecule has 1 aliphatic rings. The Morgan fingerprint density at radius 2 is 1.96 bits per heavy atom. The highest BCUT2D eigenvalue weighted by Crippen LogP contribution is 2.26. The first-order chi connectivity index (χ1) is 11.9. The van der Waals surface area contributed by atoms with Gasteiger partial charge in [-0.15, -0.1) is 0 Å². The third-order valence-corrected chi connectivity index (χ3v) is 4.68. The average molecular weight is 389 g/mol. The van der Waals surface area contributed by atoms with Gasteiger partial charge in [-0.2, -0.15) is 0 Å². The third kappa shape index (κ3) is 5.68. The van der Waals surface area contributed by atoms with E-state index in [1.165, 1.54) is 0 Å². The summed E-state index contributed by atoms with van der Waals surface area (Å²) in [6.45, 7) is 4.93. The molecule has 1 unspecified atom stereocenters. The molecule has 2 amide bonds. The van der Waals surface area contributed by atoms with Gasteiger partial charge in [-0.1, -0.05) is 23.2 Å². The van der Waals surface area contributed by atoms with Crippen LogP contribution in [-0.2, 0) is 9.53 Å². The van der Waals surface area contributed by atoms with Gasteiger partial charge in [0.1, 0.15) is 5.75 Å². The van der Waals surface area contributed by atoms with Crippen LogP contribution in [0.3, 0.4) is 0 Å². The molecule has 6 nitrogen and oxygen atoms in total. The first-order valence-corrected chi connectivity index (χ1v) is 9.00. The molecule has 1 atom stereocenters. The van der Waals surface area contributed by atoms with Crippen LogP contribution >= 0.6 is 23.2 Å². The summed E-state index contributed by atoms with van der Waals surface area (Å²) in [6, 6.07) is 4.87. The van der Waals surface area contributed by atoms with E-state index in [-0.39, 0.29) is 18.0 Å². The third-order valence-electron chi connectivity index (χ3n) is 3.94. The highest BCUT2D eigenvalue weighted by atomic mass is 35.5. The van der Waals surface area contributed by atoms with Gasteiger partial charge in [0.25, 0.3) is 5.91 Å². The smallest absolute Gasteiger partial charge is 0.409 e. The van der Waals surface area contributed by atoms with E-state index in [2.05, 4.69) is 5.32 Å². The zero-order valence-electron chi connectivity index (χ0n) is 14.3. The van der Waals surface area contributed by atoms with Gasteiger partial charge in [-0.05, 0) is 38.8 Å². The monoisotopic (exact) mass is 388 g/mol. The Hall–Kier alpha value is -1.66. The zero-order valence-corrected chi connectivity index (χ0v) is 15.8. The fourth-order valence-corrected chi connectivity index (χ4v) is 2.84. The minimum Gasteiger partial charge on any atom is -0.481 e. The lowest BCUT2D eigenvalue weighted by Crippen LogP contribution is -2.49.